The van der Waals surface area contributed by atoms with E-state index in [-0.39, 0.29) is 23.6 Å². The summed E-state index contributed by atoms with van der Waals surface area (Å²) in [6, 6.07) is 11.8. The molecule has 1 heterocycles. The van der Waals surface area contributed by atoms with Gasteiger partial charge in [-0.2, -0.15) is 0 Å². The van der Waals surface area contributed by atoms with Gasteiger partial charge in [0.05, 0.1) is 13.2 Å². The van der Waals surface area contributed by atoms with E-state index < -0.39 is 0 Å². The zero-order chi connectivity index (χ0) is 19.7. The maximum Gasteiger partial charge on any atom is 0.224 e. The molecule has 0 spiro atoms. The van der Waals surface area contributed by atoms with Crippen LogP contribution in [0.1, 0.15) is 49.3 Å². The van der Waals surface area contributed by atoms with E-state index in [1.165, 1.54) is 5.56 Å². The highest BCUT2D eigenvalue weighted by molar-refractivity contribution is 5.91. The smallest absolute Gasteiger partial charge is 0.224 e. The van der Waals surface area contributed by atoms with Crippen LogP contribution in [0, 0.1) is 5.92 Å². The summed E-state index contributed by atoms with van der Waals surface area (Å²) in [4.78, 5) is 12.0. The molecule has 1 aliphatic heterocycles. The lowest BCUT2D eigenvalue weighted by molar-refractivity contribution is -0.116. The summed E-state index contributed by atoms with van der Waals surface area (Å²) in [5, 5.41) is 16.9. The Morgan fingerprint density at radius 2 is 2.14 bits per heavy atom. The summed E-state index contributed by atoms with van der Waals surface area (Å²) in [6.45, 7) is 2.00. The van der Waals surface area contributed by atoms with Crippen LogP contribution in [0.3, 0.4) is 0 Å². The minimum absolute atomic E-state index is 0.0521. The number of fused-ring (bicyclic) bond motifs is 3. The number of benzene rings is 2. The predicted octanol–water partition coefficient (Wildman–Crippen LogP) is 4.97. The Bertz CT molecular complexity index is 922. The van der Waals surface area contributed by atoms with Crippen LogP contribution in [-0.4, -0.2) is 18.1 Å². The Kier molecular flexibility index (Phi) is 4.99. The molecule has 5 nitrogen and oxygen atoms in total. The van der Waals surface area contributed by atoms with Gasteiger partial charge in [0.1, 0.15) is 0 Å². The molecule has 0 fully saturated rings. The number of aromatic hydroxyl groups is 1. The van der Waals surface area contributed by atoms with Crippen molar-refractivity contribution < 1.29 is 14.6 Å². The number of phenolic OH excluding ortho intramolecular Hbond substituents is 1. The molecule has 2 aliphatic rings. The lowest BCUT2D eigenvalue weighted by Crippen LogP contribution is -2.29. The first-order valence-corrected chi connectivity index (χ1v) is 9.84. The molecule has 5 heteroatoms. The fourth-order valence-corrected chi connectivity index (χ4v) is 4.35. The lowest BCUT2D eigenvalue weighted by atomic mass is 9.77. The normalized spacial score (nSPS) is 22.1. The molecular weight excluding hydrogens is 352 g/mol. The summed E-state index contributed by atoms with van der Waals surface area (Å²) in [5.74, 6) is 1.34. The number of allylic oxidation sites excluding steroid dienone is 2. The number of carbonyl (C=O) groups is 1. The molecule has 146 valence electrons. The average molecular weight is 378 g/mol. The molecule has 3 atom stereocenters. The number of methoxy groups -OCH3 is 1. The highest BCUT2D eigenvalue weighted by atomic mass is 16.5. The van der Waals surface area contributed by atoms with Crippen molar-refractivity contribution in [3.63, 3.8) is 0 Å². The van der Waals surface area contributed by atoms with E-state index >= 15 is 0 Å². The number of amides is 1. The second kappa shape index (κ2) is 7.58. The first kappa shape index (κ1) is 18.4. The van der Waals surface area contributed by atoms with Crippen LogP contribution in [0.2, 0.25) is 0 Å². The topological polar surface area (TPSA) is 70.6 Å². The van der Waals surface area contributed by atoms with Crippen LogP contribution < -0.4 is 15.4 Å². The molecule has 0 bridgehead atoms. The van der Waals surface area contributed by atoms with Crippen molar-refractivity contribution >= 4 is 17.3 Å². The Morgan fingerprint density at radius 1 is 1.29 bits per heavy atom. The number of phenols is 1. The Morgan fingerprint density at radius 3 is 2.89 bits per heavy atom. The third-order valence-electron chi connectivity index (χ3n) is 5.69. The van der Waals surface area contributed by atoms with E-state index in [0.717, 1.165) is 29.8 Å². The number of ether oxygens (including phenoxy) is 1. The number of anilines is 2. The Balaban J connectivity index is 1.64. The largest absolute Gasteiger partial charge is 0.504 e. The van der Waals surface area contributed by atoms with Gasteiger partial charge in [-0.1, -0.05) is 25.1 Å². The Labute approximate surface area is 165 Å². The van der Waals surface area contributed by atoms with Gasteiger partial charge >= 0.3 is 0 Å². The molecule has 0 radical (unpaired) electrons. The van der Waals surface area contributed by atoms with E-state index in [2.05, 4.69) is 28.9 Å². The predicted molar refractivity (Wildman–Crippen MR) is 111 cm³/mol. The minimum Gasteiger partial charge on any atom is -0.504 e. The van der Waals surface area contributed by atoms with Crippen molar-refractivity contribution in [1.29, 1.82) is 0 Å². The molecule has 0 saturated heterocycles. The first-order valence-electron chi connectivity index (χ1n) is 9.84. The first-order chi connectivity index (χ1) is 13.6. The molecule has 1 aliphatic carbocycles. The summed E-state index contributed by atoms with van der Waals surface area (Å²) in [6.07, 6.45) is 6.83. The monoisotopic (exact) mass is 378 g/mol. The highest BCUT2D eigenvalue weighted by Gasteiger charge is 2.38. The van der Waals surface area contributed by atoms with E-state index in [0.29, 0.717) is 18.1 Å². The van der Waals surface area contributed by atoms with E-state index in [9.17, 15) is 9.90 Å². The number of nitrogens with one attached hydrogen (secondary N) is 2. The van der Waals surface area contributed by atoms with Crippen molar-refractivity contribution in [2.45, 2.75) is 38.1 Å². The third-order valence-corrected chi connectivity index (χ3v) is 5.69. The van der Waals surface area contributed by atoms with Gasteiger partial charge in [-0.15, -0.1) is 0 Å². The van der Waals surface area contributed by atoms with Gasteiger partial charge in [0, 0.05) is 23.7 Å². The number of hydrogen-bond donors (Lipinski definition) is 3. The van der Waals surface area contributed by atoms with Crippen LogP contribution in [0.4, 0.5) is 11.4 Å². The molecule has 0 aromatic heterocycles. The Hall–Kier alpha value is -2.95. The van der Waals surface area contributed by atoms with Crippen molar-refractivity contribution in [3.05, 3.63) is 59.7 Å². The van der Waals surface area contributed by atoms with Crippen molar-refractivity contribution in [2.24, 2.45) is 5.92 Å². The quantitative estimate of drug-likeness (QED) is 0.643. The molecule has 28 heavy (non-hydrogen) atoms. The number of hydrogen-bond acceptors (Lipinski definition) is 4. The van der Waals surface area contributed by atoms with Gasteiger partial charge in [-0.25, -0.2) is 0 Å². The van der Waals surface area contributed by atoms with Gasteiger partial charge in [-0.05, 0) is 60.2 Å². The van der Waals surface area contributed by atoms with Crippen LogP contribution >= 0.6 is 0 Å². The van der Waals surface area contributed by atoms with Crippen LogP contribution in [0.25, 0.3) is 0 Å². The second-order valence-electron chi connectivity index (χ2n) is 7.51. The van der Waals surface area contributed by atoms with Gasteiger partial charge in [0.25, 0.3) is 0 Å². The van der Waals surface area contributed by atoms with Crippen molar-refractivity contribution in [1.82, 2.24) is 0 Å². The van der Waals surface area contributed by atoms with E-state index in [4.69, 9.17) is 4.74 Å². The van der Waals surface area contributed by atoms with Crippen LogP contribution in [0.5, 0.6) is 11.5 Å². The highest BCUT2D eigenvalue weighted by Crippen LogP contribution is 2.50. The van der Waals surface area contributed by atoms with Crippen molar-refractivity contribution in [2.75, 3.05) is 17.7 Å². The third kappa shape index (κ3) is 3.33. The fraction of sp³-hybridized carbons (Fsp3) is 0.348. The lowest BCUT2D eigenvalue weighted by Gasteiger charge is -2.37. The summed E-state index contributed by atoms with van der Waals surface area (Å²) in [5.41, 5.74) is 4.17. The van der Waals surface area contributed by atoms with Crippen LogP contribution in [-0.2, 0) is 4.79 Å². The standard InChI is InChI=1S/C23H26N2O3/c1-3-5-22(27)24-15-9-10-19-18(13-15)16-6-4-7-17(16)23(25-19)14-8-11-21(28-2)20(26)12-14/h4,6,8-13,16-17,23,25-26H,3,5,7H2,1-2H3,(H,24,27). The number of carbonyl (C=O) groups excluding carboxylic acids is 1. The molecule has 4 rings (SSSR count). The maximum atomic E-state index is 12.0. The van der Waals surface area contributed by atoms with E-state index in [1.54, 1.807) is 13.2 Å². The molecule has 2 aromatic rings. The SMILES string of the molecule is CCCC(=O)Nc1ccc2c(c1)C1C=CCC1C(c1ccc(OC)c(O)c1)N2. The average Bonchev–Trinajstić information content (AvgIpc) is 3.18. The van der Waals surface area contributed by atoms with Gasteiger partial charge in [0.15, 0.2) is 11.5 Å². The fourth-order valence-electron chi connectivity index (χ4n) is 4.35. The van der Waals surface area contributed by atoms with Gasteiger partial charge in [-0.3, -0.25) is 4.79 Å². The zero-order valence-electron chi connectivity index (χ0n) is 16.2. The maximum absolute atomic E-state index is 12.0. The summed E-state index contributed by atoms with van der Waals surface area (Å²) < 4.78 is 5.18. The van der Waals surface area contributed by atoms with Crippen molar-refractivity contribution in [3.8, 4) is 11.5 Å². The number of rotatable bonds is 5. The molecule has 1 amide bonds. The molecular formula is C23H26N2O3. The molecule has 0 saturated carbocycles. The van der Waals surface area contributed by atoms with E-state index in [1.807, 2.05) is 31.2 Å². The van der Waals surface area contributed by atoms with Crippen LogP contribution in [0.15, 0.2) is 48.6 Å². The minimum atomic E-state index is 0.0521. The van der Waals surface area contributed by atoms with Gasteiger partial charge < -0.3 is 20.5 Å². The molecule has 3 N–H and O–H groups in total. The molecule has 3 unspecified atom stereocenters. The zero-order valence-corrected chi connectivity index (χ0v) is 16.2. The summed E-state index contributed by atoms with van der Waals surface area (Å²) >= 11 is 0. The summed E-state index contributed by atoms with van der Waals surface area (Å²) in [7, 11) is 1.55. The van der Waals surface area contributed by atoms with Gasteiger partial charge in [0.2, 0.25) is 5.91 Å². The second-order valence-corrected chi connectivity index (χ2v) is 7.51. The molecule has 2 aromatic carbocycles.